The number of amides is 1. The molecule has 2 atom stereocenters. The number of aromatic nitrogens is 3. The maximum absolute atomic E-state index is 14.6. The number of fused-ring (bicyclic) bond motifs is 4. The fourth-order valence-corrected chi connectivity index (χ4v) is 5.08. The van der Waals surface area contributed by atoms with E-state index in [1.54, 1.807) is 17.3 Å². The average molecular weight is 498 g/mol. The molecule has 35 heavy (non-hydrogen) atoms. The second-order valence-corrected chi connectivity index (χ2v) is 9.64. The number of nitrogens with zero attached hydrogens (tertiary/aromatic N) is 3. The average Bonchev–Trinajstić information content (AvgIpc) is 3.32. The number of H-pyrrole nitrogens is 1. The number of hydrogen-bond donors (Lipinski definition) is 2. The molecule has 0 saturated heterocycles. The van der Waals surface area contributed by atoms with Crippen molar-refractivity contribution >= 4 is 28.8 Å². The van der Waals surface area contributed by atoms with Gasteiger partial charge in [0, 0.05) is 30.9 Å². The van der Waals surface area contributed by atoms with E-state index in [0.717, 1.165) is 54.5 Å². The zero-order valence-corrected chi connectivity index (χ0v) is 20.1. The number of anilines is 1. The highest BCUT2D eigenvalue weighted by atomic mass is 35.5. The van der Waals surface area contributed by atoms with Crippen molar-refractivity contribution in [1.82, 2.24) is 20.1 Å². The molecule has 0 saturated carbocycles. The number of carbonyl (C=O) groups excluding carboxylic acids is 1. The molecule has 2 bridgehead atoms. The molecule has 182 valence electrons. The number of rotatable bonds is 2. The summed E-state index contributed by atoms with van der Waals surface area (Å²) in [5.74, 6) is -1.41. The smallest absolute Gasteiger partial charge is 0.247 e. The van der Waals surface area contributed by atoms with Crippen LogP contribution in [-0.2, 0) is 4.79 Å². The maximum Gasteiger partial charge on any atom is 0.247 e. The van der Waals surface area contributed by atoms with Crippen molar-refractivity contribution in [3.8, 4) is 11.3 Å². The monoisotopic (exact) mass is 497 g/mol. The number of hydrogen-bond acceptors (Lipinski definition) is 4. The van der Waals surface area contributed by atoms with Crippen molar-refractivity contribution in [1.29, 1.82) is 0 Å². The third-order valence-corrected chi connectivity index (χ3v) is 7.10. The molecule has 2 aliphatic rings. The summed E-state index contributed by atoms with van der Waals surface area (Å²) in [7, 11) is 0. The molecule has 2 aliphatic heterocycles. The number of halogens is 3. The number of carbonyl (C=O) groups is 1. The molecular weight excluding hydrogens is 472 g/mol. The molecule has 1 aromatic carbocycles. The Labute approximate surface area is 207 Å². The van der Waals surface area contributed by atoms with Crippen LogP contribution in [-0.4, -0.2) is 39.1 Å². The van der Waals surface area contributed by atoms with E-state index in [4.69, 9.17) is 11.6 Å². The van der Waals surface area contributed by atoms with Gasteiger partial charge in [0.2, 0.25) is 5.91 Å². The second-order valence-electron chi connectivity index (χ2n) is 9.23. The molecule has 2 aromatic heterocycles. The van der Waals surface area contributed by atoms with Crippen LogP contribution in [0.25, 0.3) is 16.8 Å². The molecule has 9 heteroatoms. The summed E-state index contributed by atoms with van der Waals surface area (Å²) in [6.45, 7) is 3.35. The lowest BCUT2D eigenvalue weighted by molar-refractivity contribution is -0.129. The van der Waals surface area contributed by atoms with E-state index < -0.39 is 11.6 Å². The Morgan fingerprint density at radius 1 is 1.20 bits per heavy atom. The normalized spacial score (nSPS) is 20.9. The minimum atomic E-state index is -0.836. The molecule has 3 aromatic rings. The highest BCUT2D eigenvalue weighted by molar-refractivity contribution is 6.31. The maximum atomic E-state index is 14.6. The van der Waals surface area contributed by atoms with Crippen LogP contribution in [0, 0.1) is 17.6 Å². The molecule has 6 nitrogen and oxygen atoms in total. The quantitative estimate of drug-likeness (QED) is 0.426. The second kappa shape index (κ2) is 9.77. The number of nitrogens with one attached hydrogen (secondary N) is 2. The van der Waals surface area contributed by atoms with Gasteiger partial charge < -0.3 is 10.2 Å². The van der Waals surface area contributed by atoms with Gasteiger partial charge >= 0.3 is 0 Å². The van der Waals surface area contributed by atoms with E-state index in [2.05, 4.69) is 27.4 Å². The van der Waals surface area contributed by atoms with Crippen LogP contribution >= 0.6 is 11.6 Å². The summed E-state index contributed by atoms with van der Waals surface area (Å²) in [5, 5.41) is 10.6. The summed E-state index contributed by atoms with van der Waals surface area (Å²) < 4.78 is 29.0. The third kappa shape index (κ3) is 4.67. The Morgan fingerprint density at radius 2 is 2.06 bits per heavy atom. The van der Waals surface area contributed by atoms with E-state index in [1.165, 1.54) is 12.1 Å². The Morgan fingerprint density at radius 3 is 2.89 bits per heavy atom. The van der Waals surface area contributed by atoms with E-state index in [0.29, 0.717) is 24.5 Å². The van der Waals surface area contributed by atoms with Gasteiger partial charge in [0.15, 0.2) is 5.82 Å². The fraction of sp³-hybridized carbons (Fsp3) is 0.346. The summed E-state index contributed by atoms with van der Waals surface area (Å²) in [6.07, 6.45) is 7.81. The highest BCUT2D eigenvalue weighted by Crippen LogP contribution is 2.36. The summed E-state index contributed by atoms with van der Waals surface area (Å²) in [4.78, 5) is 19.7. The van der Waals surface area contributed by atoms with E-state index >= 15 is 0 Å². The first-order valence-corrected chi connectivity index (χ1v) is 12.2. The Bertz CT molecular complexity index is 1290. The van der Waals surface area contributed by atoms with Gasteiger partial charge in [0.05, 0.1) is 39.9 Å². The third-order valence-electron chi connectivity index (χ3n) is 6.81. The minimum absolute atomic E-state index is 0.167. The molecule has 0 unspecified atom stereocenters. The van der Waals surface area contributed by atoms with Gasteiger partial charge in [0.25, 0.3) is 0 Å². The lowest BCUT2D eigenvalue weighted by Gasteiger charge is -2.34. The largest absolute Gasteiger partial charge is 0.382 e. The van der Waals surface area contributed by atoms with Crippen molar-refractivity contribution in [3.63, 3.8) is 0 Å². The first-order chi connectivity index (χ1) is 16.9. The van der Waals surface area contributed by atoms with Crippen molar-refractivity contribution in [3.05, 3.63) is 70.6 Å². The first kappa shape index (κ1) is 23.5. The lowest BCUT2D eigenvalue weighted by atomic mass is 9.93. The van der Waals surface area contributed by atoms with Crippen LogP contribution in [0.5, 0.6) is 0 Å². The van der Waals surface area contributed by atoms with Crippen LogP contribution in [0.4, 0.5) is 14.5 Å². The van der Waals surface area contributed by atoms with Crippen molar-refractivity contribution in [2.45, 2.75) is 38.6 Å². The zero-order chi connectivity index (χ0) is 24.5. The van der Waals surface area contributed by atoms with Crippen molar-refractivity contribution in [2.24, 2.45) is 5.92 Å². The molecule has 2 N–H and O–H groups in total. The van der Waals surface area contributed by atoms with Gasteiger partial charge in [-0.3, -0.25) is 14.9 Å². The fourth-order valence-electron chi connectivity index (χ4n) is 4.92. The molecule has 0 spiro atoms. The molecular formula is C26H26ClF2N5O. The first-order valence-electron chi connectivity index (χ1n) is 11.8. The van der Waals surface area contributed by atoms with Gasteiger partial charge in [-0.2, -0.15) is 5.10 Å². The molecule has 0 aliphatic carbocycles. The Hall–Kier alpha value is -3.26. The van der Waals surface area contributed by atoms with E-state index in [9.17, 15) is 13.6 Å². The number of pyridine rings is 1. The summed E-state index contributed by atoms with van der Waals surface area (Å²) >= 11 is 5.87. The zero-order valence-electron chi connectivity index (χ0n) is 19.3. The van der Waals surface area contributed by atoms with Crippen LogP contribution in [0.15, 0.2) is 42.7 Å². The molecule has 4 heterocycles. The van der Waals surface area contributed by atoms with Crippen molar-refractivity contribution in [2.75, 3.05) is 18.4 Å². The van der Waals surface area contributed by atoms with Crippen LogP contribution in [0.1, 0.15) is 49.9 Å². The van der Waals surface area contributed by atoms with Gasteiger partial charge in [-0.1, -0.05) is 24.9 Å². The standard InChI is InChI=1S/C26H26ClF2N5O/c1-15-3-2-4-22(20-11-17(7-9-30-20)26-21(31-13-15)14-32-33-26)34-10-8-16(12-23(34)35)24-19(28)6-5-18(27)25(24)29/h5-7,9,11-12,14-15,22,31H,2-4,8,10,13H2,1H3,(H,32,33)/t15-,22+/m1/s1. The number of aromatic amines is 1. The van der Waals surface area contributed by atoms with Crippen molar-refractivity contribution < 1.29 is 13.6 Å². The predicted octanol–water partition coefficient (Wildman–Crippen LogP) is 5.99. The summed E-state index contributed by atoms with van der Waals surface area (Å²) in [5.41, 5.74) is 3.61. The molecule has 5 rings (SSSR count). The molecule has 0 radical (unpaired) electrons. The van der Waals surface area contributed by atoms with Crippen LogP contribution in [0.3, 0.4) is 0 Å². The van der Waals surface area contributed by atoms with E-state index in [-0.39, 0.29) is 22.5 Å². The predicted molar refractivity (Wildman–Crippen MR) is 132 cm³/mol. The number of benzene rings is 1. The highest BCUT2D eigenvalue weighted by Gasteiger charge is 2.31. The van der Waals surface area contributed by atoms with Gasteiger partial charge in [0.1, 0.15) is 5.82 Å². The SMILES string of the molecule is C[C@@H]1CCC[C@H](N2CCC(c3c(F)ccc(Cl)c3F)=CC2=O)c2cc(ccn2)-c2[nH]ncc2NC1. The van der Waals surface area contributed by atoms with Crippen LogP contribution in [0.2, 0.25) is 5.02 Å². The Balaban J connectivity index is 1.50. The molecule has 1 amide bonds. The van der Waals surface area contributed by atoms with Crippen LogP contribution < -0.4 is 5.32 Å². The minimum Gasteiger partial charge on any atom is -0.382 e. The van der Waals surface area contributed by atoms with Gasteiger partial charge in [-0.25, -0.2) is 8.78 Å². The lowest BCUT2D eigenvalue weighted by Crippen LogP contribution is -2.38. The molecule has 0 fully saturated rings. The topological polar surface area (TPSA) is 73.9 Å². The Kier molecular flexibility index (Phi) is 6.56. The van der Waals surface area contributed by atoms with Gasteiger partial charge in [-0.15, -0.1) is 0 Å². The summed E-state index contributed by atoms with van der Waals surface area (Å²) in [6, 6.07) is 5.95. The van der Waals surface area contributed by atoms with E-state index in [1.807, 2.05) is 12.1 Å². The van der Waals surface area contributed by atoms with Gasteiger partial charge in [-0.05, 0) is 55.0 Å².